The number of rotatable bonds is 6. The number of nitriles is 1. The number of nitrogens with zero attached hydrogens (tertiary/aromatic N) is 2. The van der Waals surface area contributed by atoms with Crippen LogP contribution in [0.5, 0.6) is 0 Å². The summed E-state index contributed by atoms with van der Waals surface area (Å²) < 4.78 is 0. The molecular weight excluding hydrogens is 258 g/mol. The molecule has 20 heavy (non-hydrogen) atoms. The lowest BCUT2D eigenvalue weighted by Crippen LogP contribution is -2.25. The van der Waals surface area contributed by atoms with Crippen molar-refractivity contribution < 1.29 is 9.72 Å². The van der Waals surface area contributed by atoms with Crippen LogP contribution in [0, 0.1) is 21.4 Å². The van der Waals surface area contributed by atoms with Gasteiger partial charge in [-0.2, -0.15) is 5.26 Å². The van der Waals surface area contributed by atoms with Crippen LogP contribution in [-0.2, 0) is 4.79 Å². The Balaban J connectivity index is 2.81. The standard InChI is InChI=1S/C14H15N3O3/c1-2-3-8-16-14(18)12(10-15)9-11-4-6-13(7-5-11)17(19)20/h4-7,9H,2-3,8H2,1H3,(H,16,18)/b12-9+. The summed E-state index contributed by atoms with van der Waals surface area (Å²) in [5.41, 5.74) is 0.515. The van der Waals surface area contributed by atoms with E-state index in [9.17, 15) is 14.9 Å². The molecule has 0 aromatic heterocycles. The lowest BCUT2D eigenvalue weighted by atomic mass is 10.1. The first-order valence-corrected chi connectivity index (χ1v) is 6.23. The Labute approximate surface area is 116 Å². The minimum Gasteiger partial charge on any atom is -0.351 e. The van der Waals surface area contributed by atoms with Gasteiger partial charge in [-0.3, -0.25) is 14.9 Å². The normalized spacial score (nSPS) is 10.7. The van der Waals surface area contributed by atoms with E-state index >= 15 is 0 Å². The fourth-order valence-corrected chi connectivity index (χ4v) is 1.48. The third-order valence-electron chi connectivity index (χ3n) is 2.60. The van der Waals surface area contributed by atoms with Gasteiger partial charge in [-0.25, -0.2) is 0 Å². The molecule has 1 rings (SSSR count). The number of nitro groups is 1. The van der Waals surface area contributed by atoms with Crippen molar-refractivity contribution in [3.8, 4) is 6.07 Å². The van der Waals surface area contributed by atoms with Gasteiger partial charge in [-0.15, -0.1) is 0 Å². The Morgan fingerprint density at radius 3 is 2.60 bits per heavy atom. The van der Waals surface area contributed by atoms with Crippen molar-refractivity contribution in [2.75, 3.05) is 6.54 Å². The minimum absolute atomic E-state index is 0.0186. The van der Waals surface area contributed by atoms with Gasteiger partial charge in [0, 0.05) is 18.7 Å². The van der Waals surface area contributed by atoms with Crippen molar-refractivity contribution in [1.29, 1.82) is 5.26 Å². The summed E-state index contributed by atoms with van der Waals surface area (Å²) in [5, 5.41) is 22.1. The number of amides is 1. The number of hydrogen-bond donors (Lipinski definition) is 1. The number of nitrogens with one attached hydrogen (secondary N) is 1. The van der Waals surface area contributed by atoms with Gasteiger partial charge in [-0.1, -0.05) is 13.3 Å². The Kier molecular flexibility index (Phi) is 5.91. The van der Waals surface area contributed by atoms with E-state index in [1.165, 1.54) is 30.3 Å². The molecule has 1 amide bonds. The van der Waals surface area contributed by atoms with E-state index < -0.39 is 10.8 Å². The average Bonchev–Trinajstić information content (AvgIpc) is 2.45. The summed E-state index contributed by atoms with van der Waals surface area (Å²) in [6, 6.07) is 7.48. The molecule has 6 nitrogen and oxygen atoms in total. The quantitative estimate of drug-likeness (QED) is 0.283. The van der Waals surface area contributed by atoms with Gasteiger partial charge in [0.05, 0.1) is 4.92 Å². The van der Waals surface area contributed by atoms with Crippen LogP contribution in [0.4, 0.5) is 5.69 Å². The van der Waals surface area contributed by atoms with Crippen LogP contribution in [0.1, 0.15) is 25.3 Å². The molecule has 0 saturated heterocycles. The third kappa shape index (κ3) is 4.53. The number of nitro benzene ring substituents is 1. The monoisotopic (exact) mass is 273 g/mol. The summed E-state index contributed by atoms with van der Waals surface area (Å²) in [6.07, 6.45) is 3.21. The van der Waals surface area contributed by atoms with Gasteiger partial charge in [0.25, 0.3) is 11.6 Å². The molecule has 104 valence electrons. The lowest BCUT2D eigenvalue weighted by molar-refractivity contribution is -0.384. The van der Waals surface area contributed by atoms with Crippen LogP contribution in [0.25, 0.3) is 6.08 Å². The lowest BCUT2D eigenvalue weighted by Gasteiger charge is -2.02. The number of carbonyl (C=O) groups is 1. The van der Waals surface area contributed by atoms with Crippen molar-refractivity contribution in [2.24, 2.45) is 0 Å². The highest BCUT2D eigenvalue weighted by molar-refractivity contribution is 6.01. The van der Waals surface area contributed by atoms with Crippen LogP contribution in [0.3, 0.4) is 0 Å². The first kappa shape index (κ1) is 15.4. The Morgan fingerprint density at radius 1 is 1.45 bits per heavy atom. The number of non-ortho nitro benzene ring substituents is 1. The van der Waals surface area contributed by atoms with Crippen molar-refractivity contribution >= 4 is 17.7 Å². The van der Waals surface area contributed by atoms with Gasteiger partial charge in [0.2, 0.25) is 0 Å². The third-order valence-corrected chi connectivity index (χ3v) is 2.60. The zero-order valence-corrected chi connectivity index (χ0v) is 11.1. The van der Waals surface area contributed by atoms with Crippen LogP contribution in [0.2, 0.25) is 0 Å². The Morgan fingerprint density at radius 2 is 2.10 bits per heavy atom. The molecule has 0 atom stereocenters. The molecule has 0 aliphatic heterocycles. The molecule has 1 N–H and O–H groups in total. The molecule has 0 saturated carbocycles. The predicted octanol–water partition coefficient (Wildman–Crippen LogP) is 2.42. The van der Waals surface area contributed by atoms with Crippen LogP contribution in [-0.4, -0.2) is 17.4 Å². The zero-order valence-electron chi connectivity index (χ0n) is 11.1. The fraction of sp³-hybridized carbons (Fsp3) is 0.286. The van der Waals surface area contributed by atoms with Gasteiger partial charge in [0.15, 0.2) is 0 Å². The van der Waals surface area contributed by atoms with Crippen molar-refractivity contribution in [1.82, 2.24) is 5.32 Å². The first-order chi connectivity index (χ1) is 9.58. The first-order valence-electron chi connectivity index (χ1n) is 6.23. The highest BCUT2D eigenvalue weighted by Gasteiger charge is 2.09. The second kappa shape index (κ2) is 7.69. The van der Waals surface area contributed by atoms with Gasteiger partial charge < -0.3 is 5.32 Å². The zero-order chi connectivity index (χ0) is 15.0. The number of carbonyl (C=O) groups excluding carboxylic acids is 1. The summed E-state index contributed by atoms with van der Waals surface area (Å²) in [5.74, 6) is -0.431. The van der Waals surface area contributed by atoms with Crippen LogP contribution < -0.4 is 5.32 Å². The van der Waals surface area contributed by atoms with Crippen molar-refractivity contribution in [3.63, 3.8) is 0 Å². The molecule has 0 bridgehead atoms. The highest BCUT2D eigenvalue weighted by atomic mass is 16.6. The number of benzene rings is 1. The second-order valence-corrected chi connectivity index (χ2v) is 4.13. The average molecular weight is 273 g/mol. The summed E-state index contributed by atoms with van der Waals surface area (Å²) >= 11 is 0. The van der Waals surface area contributed by atoms with Crippen molar-refractivity contribution in [2.45, 2.75) is 19.8 Å². The summed E-state index contributed by atoms with van der Waals surface area (Å²) in [4.78, 5) is 21.7. The fourth-order valence-electron chi connectivity index (χ4n) is 1.48. The second-order valence-electron chi connectivity index (χ2n) is 4.13. The predicted molar refractivity (Wildman–Crippen MR) is 74.6 cm³/mol. The molecule has 0 fully saturated rings. The molecule has 0 aliphatic rings. The highest BCUT2D eigenvalue weighted by Crippen LogP contribution is 2.14. The largest absolute Gasteiger partial charge is 0.351 e. The smallest absolute Gasteiger partial charge is 0.269 e. The van der Waals surface area contributed by atoms with E-state index in [0.29, 0.717) is 12.1 Å². The van der Waals surface area contributed by atoms with Gasteiger partial charge >= 0.3 is 0 Å². The maximum atomic E-state index is 11.7. The summed E-state index contributed by atoms with van der Waals surface area (Å²) in [7, 11) is 0. The molecule has 1 aromatic carbocycles. The number of hydrogen-bond acceptors (Lipinski definition) is 4. The van der Waals surface area contributed by atoms with E-state index in [-0.39, 0.29) is 11.3 Å². The van der Waals surface area contributed by atoms with Gasteiger partial charge in [0.1, 0.15) is 11.6 Å². The molecule has 6 heteroatoms. The SMILES string of the molecule is CCCCNC(=O)/C(C#N)=C/c1ccc([N+](=O)[O-])cc1. The van der Waals surface area contributed by atoms with Crippen LogP contribution in [0.15, 0.2) is 29.8 Å². The van der Waals surface area contributed by atoms with Crippen LogP contribution >= 0.6 is 0 Å². The van der Waals surface area contributed by atoms with E-state index in [4.69, 9.17) is 5.26 Å². The Bertz CT molecular complexity index is 556. The molecule has 1 aromatic rings. The van der Waals surface area contributed by atoms with E-state index in [2.05, 4.69) is 5.32 Å². The molecule has 0 heterocycles. The molecule has 0 aliphatic carbocycles. The van der Waals surface area contributed by atoms with Crippen molar-refractivity contribution in [3.05, 3.63) is 45.5 Å². The topological polar surface area (TPSA) is 96.0 Å². The molecule has 0 unspecified atom stereocenters. The summed E-state index contributed by atoms with van der Waals surface area (Å²) in [6.45, 7) is 2.53. The Hall–Kier alpha value is -2.68. The van der Waals surface area contributed by atoms with E-state index in [1.807, 2.05) is 13.0 Å². The maximum absolute atomic E-state index is 11.7. The molecule has 0 spiro atoms. The number of unbranched alkanes of at least 4 members (excludes halogenated alkanes) is 1. The van der Waals surface area contributed by atoms with Gasteiger partial charge in [-0.05, 0) is 30.2 Å². The maximum Gasteiger partial charge on any atom is 0.269 e. The minimum atomic E-state index is -0.504. The molecule has 0 radical (unpaired) electrons. The van der Waals surface area contributed by atoms with E-state index in [1.54, 1.807) is 0 Å². The van der Waals surface area contributed by atoms with E-state index in [0.717, 1.165) is 12.8 Å². The molecular formula is C14H15N3O3.